The van der Waals surface area contributed by atoms with Crippen LogP contribution in [0.1, 0.15) is 23.2 Å². The maximum absolute atomic E-state index is 13.2. The predicted octanol–water partition coefficient (Wildman–Crippen LogP) is 3.37. The summed E-state index contributed by atoms with van der Waals surface area (Å²) >= 11 is 1.53. The second-order valence-electron chi connectivity index (χ2n) is 3.97. The van der Waals surface area contributed by atoms with E-state index in [4.69, 9.17) is 9.94 Å². The standard InChI is InChI=1S/C13H13FN2O2S/c1-8(16-17)12-4-3-10(14)5-13(12)18-6-11-7-19-9(2)15-11/h3-5,7,17H,6H2,1-2H3. The van der Waals surface area contributed by atoms with Crippen LogP contribution in [0.3, 0.4) is 0 Å². The summed E-state index contributed by atoms with van der Waals surface area (Å²) in [7, 11) is 0. The Labute approximate surface area is 114 Å². The van der Waals surface area contributed by atoms with Crippen molar-refractivity contribution >= 4 is 17.0 Å². The minimum absolute atomic E-state index is 0.250. The minimum Gasteiger partial charge on any atom is -0.486 e. The topological polar surface area (TPSA) is 54.7 Å². The van der Waals surface area contributed by atoms with Crippen molar-refractivity contribution in [3.05, 3.63) is 45.7 Å². The first-order valence-electron chi connectivity index (χ1n) is 5.62. The molecule has 0 unspecified atom stereocenters. The van der Waals surface area contributed by atoms with E-state index >= 15 is 0 Å². The van der Waals surface area contributed by atoms with E-state index in [-0.39, 0.29) is 6.61 Å². The van der Waals surface area contributed by atoms with Crippen LogP contribution in [-0.4, -0.2) is 15.9 Å². The molecule has 0 bridgehead atoms. The summed E-state index contributed by atoms with van der Waals surface area (Å²) in [4.78, 5) is 4.26. The Morgan fingerprint density at radius 1 is 1.53 bits per heavy atom. The van der Waals surface area contributed by atoms with E-state index in [2.05, 4.69) is 10.1 Å². The van der Waals surface area contributed by atoms with Gasteiger partial charge in [-0.1, -0.05) is 5.16 Å². The number of thiazole rings is 1. The Morgan fingerprint density at radius 2 is 2.32 bits per heavy atom. The first-order chi connectivity index (χ1) is 9.10. The number of hydrogen-bond donors (Lipinski definition) is 1. The Bertz CT molecular complexity index is 610. The van der Waals surface area contributed by atoms with E-state index in [0.29, 0.717) is 17.0 Å². The third kappa shape index (κ3) is 3.29. The number of oxime groups is 1. The highest BCUT2D eigenvalue weighted by Gasteiger charge is 2.10. The van der Waals surface area contributed by atoms with Crippen LogP contribution in [0.2, 0.25) is 0 Å². The lowest BCUT2D eigenvalue weighted by atomic mass is 10.1. The normalized spacial score (nSPS) is 11.6. The first-order valence-corrected chi connectivity index (χ1v) is 6.50. The van der Waals surface area contributed by atoms with Gasteiger partial charge in [0.05, 0.1) is 16.4 Å². The number of rotatable bonds is 4. The van der Waals surface area contributed by atoms with Crippen molar-refractivity contribution in [2.45, 2.75) is 20.5 Å². The molecule has 1 N–H and O–H groups in total. The van der Waals surface area contributed by atoms with Gasteiger partial charge in [0.15, 0.2) is 0 Å². The van der Waals surface area contributed by atoms with Gasteiger partial charge in [-0.15, -0.1) is 11.3 Å². The minimum atomic E-state index is -0.404. The molecule has 0 saturated carbocycles. The molecule has 2 aromatic rings. The molecule has 1 aromatic heterocycles. The van der Waals surface area contributed by atoms with Crippen LogP contribution in [0.4, 0.5) is 4.39 Å². The van der Waals surface area contributed by atoms with Crippen molar-refractivity contribution in [2.24, 2.45) is 5.16 Å². The quantitative estimate of drug-likeness (QED) is 0.530. The average Bonchev–Trinajstić information content (AvgIpc) is 2.81. The van der Waals surface area contributed by atoms with Gasteiger partial charge in [-0.3, -0.25) is 0 Å². The molecule has 1 aromatic carbocycles. The molecule has 0 atom stereocenters. The zero-order valence-electron chi connectivity index (χ0n) is 10.6. The fourth-order valence-electron chi connectivity index (χ4n) is 1.59. The Hall–Kier alpha value is -1.95. The van der Waals surface area contributed by atoms with Crippen LogP contribution >= 0.6 is 11.3 Å². The lowest BCUT2D eigenvalue weighted by Gasteiger charge is -2.09. The average molecular weight is 280 g/mol. The van der Waals surface area contributed by atoms with Crippen LogP contribution in [0, 0.1) is 12.7 Å². The molecule has 0 aliphatic carbocycles. The summed E-state index contributed by atoms with van der Waals surface area (Å²) in [6, 6.07) is 4.08. The molecule has 0 radical (unpaired) electrons. The van der Waals surface area contributed by atoms with Gasteiger partial charge in [-0.25, -0.2) is 9.37 Å². The van der Waals surface area contributed by atoms with E-state index in [1.165, 1.54) is 29.5 Å². The number of aromatic nitrogens is 1. The molecule has 0 aliphatic rings. The van der Waals surface area contributed by atoms with Crippen LogP contribution < -0.4 is 4.74 Å². The van der Waals surface area contributed by atoms with Gasteiger partial charge in [-0.05, 0) is 26.0 Å². The van der Waals surface area contributed by atoms with Gasteiger partial charge in [0.2, 0.25) is 0 Å². The summed E-state index contributed by atoms with van der Waals surface area (Å²) in [6.07, 6.45) is 0. The van der Waals surface area contributed by atoms with Crippen molar-refractivity contribution < 1.29 is 14.3 Å². The Balaban J connectivity index is 2.21. The van der Waals surface area contributed by atoms with Crippen LogP contribution in [0.5, 0.6) is 5.75 Å². The van der Waals surface area contributed by atoms with Crippen molar-refractivity contribution in [3.63, 3.8) is 0 Å². The number of benzene rings is 1. The number of halogens is 1. The third-order valence-electron chi connectivity index (χ3n) is 2.53. The van der Waals surface area contributed by atoms with Gasteiger partial charge in [-0.2, -0.15) is 0 Å². The fourth-order valence-corrected chi connectivity index (χ4v) is 2.19. The van der Waals surface area contributed by atoms with Gasteiger partial charge in [0.1, 0.15) is 18.2 Å². The van der Waals surface area contributed by atoms with Gasteiger partial charge in [0.25, 0.3) is 0 Å². The molecule has 1 heterocycles. The van der Waals surface area contributed by atoms with Gasteiger partial charge < -0.3 is 9.94 Å². The molecule has 0 amide bonds. The summed E-state index contributed by atoms with van der Waals surface area (Å²) in [5.74, 6) is -0.0695. The fraction of sp³-hybridized carbons (Fsp3) is 0.231. The SMILES string of the molecule is CC(=NO)c1ccc(F)cc1OCc1csc(C)n1. The molecule has 0 fully saturated rings. The highest BCUT2D eigenvalue weighted by atomic mass is 32.1. The molecular formula is C13H13FN2O2S. The predicted molar refractivity (Wildman–Crippen MR) is 71.6 cm³/mol. The number of ether oxygens (including phenoxy) is 1. The zero-order valence-corrected chi connectivity index (χ0v) is 11.4. The Morgan fingerprint density at radius 3 is 2.95 bits per heavy atom. The van der Waals surface area contributed by atoms with E-state index in [1.54, 1.807) is 6.92 Å². The lowest BCUT2D eigenvalue weighted by Crippen LogP contribution is -2.03. The molecule has 19 heavy (non-hydrogen) atoms. The highest BCUT2D eigenvalue weighted by molar-refractivity contribution is 7.09. The first kappa shape index (κ1) is 13.5. The monoisotopic (exact) mass is 280 g/mol. The molecule has 0 saturated heterocycles. The van der Waals surface area contributed by atoms with E-state index in [9.17, 15) is 4.39 Å². The van der Waals surface area contributed by atoms with Crippen LogP contribution in [0.15, 0.2) is 28.7 Å². The summed E-state index contributed by atoms with van der Waals surface area (Å²) < 4.78 is 18.8. The molecule has 2 rings (SSSR count). The van der Waals surface area contributed by atoms with Crippen molar-refractivity contribution in [1.29, 1.82) is 0 Å². The van der Waals surface area contributed by atoms with Crippen LogP contribution in [-0.2, 0) is 6.61 Å². The van der Waals surface area contributed by atoms with Gasteiger partial charge >= 0.3 is 0 Å². The highest BCUT2D eigenvalue weighted by Crippen LogP contribution is 2.22. The smallest absolute Gasteiger partial charge is 0.131 e. The molecule has 4 nitrogen and oxygen atoms in total. The molecule has 0 spiro atoms. The second kappa shape index (κ2) is 5.79. The van der Waals surface area contributed by atoms with Crippen molar-refractivity contribution in [3.8, 4) is 5.75 Å². The molecular weight excluding hydrogens is 267 g/mol. The largest absolute Gasteiger partial charge is 0.486 e. The van der Waals surface area contributed by atoms with Crippen LogP contribution in [0.25, 0.3) is 0 Å². The summed E-state index contributed by atoms with van der Waals surface area (Å²) in [6.45, 7) is 3.77. The van der Waals surface area contributed by atoms with E-state index < -0.39 is 5.82 Å². The maximum atomic E-state index is 13.2. The van der Waals surface area contributed by atoms with Gasteiger partial charge in [0, 0.05) is 17.0 Å². The van der Waals surface area contributed by atoms with E-state index in [1.807, 2.05) is 12.3 Å². The Kier molecular flexibility index (Phi) is 4.11. The lowest BCUT2D eigenvalue weighted by molar-refractivity contribution is 0.298. The summed E-state index contributed by atoms with van der Waals surface area (Å²) in [5, 5.41) is 14.7. The third-order valence-corrected chi connectivity index (χ3v) is 3.35. The van der Waals surface area contributed by atoms with Crippen molar-refractivity contribution in [1.82, 2.24) is 4.98 Å². The van der Waals surface area contributed by atoms with Crippen molar-refractivity contribution in [2.75, 3.05) is 0 Å². The second-order valence-corrected chi connectivity index (χ2v) is 5.03. The number of nitrogens with zero attached hydrogens (tertiary/aromatic N) is 2. The maximum Gasteiger partial charge on any atom is 0.131 e. The van der Waals surface area contributed by atoms with E-state index in [0.717, 1.165) is 10.7 Å². The molecule has 100 valence electrons. The molecule has 0 aliphatic heterocycles. The zero-order chi connectivity index (χ0) is 13.8. The molecule has 6 heteroatoms. The number of hydrogen-bond acceptors (Lipinski definition) is 5. The number of aryl methyl sites for hydroxylation is 1. The summed E-state index contributed by atoms with van der Waals surface area (Å²) in [5.41, 5.74) is 1.71.